The number of benzene rings is 1. The Kier molecular flexibility index (Phi) is 4.84. The highest BCUT2D eigenvalue weighted by Crippen LogP contribution is 2.26. The summed E-state index contributed by atoms with van der Waals surface area (Å²) in [6.45, 7) is 9.87. The second-order valence-corrected chi connectivity index (χ2v) is 6.57. The van der Waals surface area contributed by atoms with Crippen LogP contribution in [0, 0.1) is 0 Å². The van der Waals surface area contributed by atoms with Gasteiger partial charge in [0.15, 0.2) is 0 Å². The average Bonchev–Trinajstić information content (AvgIpc) is 2.88. The Morgan fingerprint density at radius 2 is 1.81 bits per heavy atom. The van der Waals surface area contributed by atoms with Crippen molar-refractivity contribution in [1.29, 1.82) is 0 Å². The van der Waals surface area contributed by atoms with Crippen molar-refractivity contribution in [3.8, 4) is 0 Å². The van der Waals surface area contributed by atoms with Crippen LogP contribution in [0.1, 0.15) is 57.0 Å². The van der Waals surface area contributed by atoms with Crippen LogP contribution in [-0.4, -0.2) is 16.8 Å². The minimum Gasteiger partial charge on any atom is -0.308 e. The SMILES string of the molecule is CCCn1nccc1C(NC)c1ccc(C(C)(C)C)cc1. The summed E-state index contributed by atoms with van der Waals surface area (Å²) >= 11 is 0. The third-order valence-corrected chi connectivity index (χ3v) is 3.88. The van der Waals surface area contributed by atoms with Crippen molar-refractivity contribution in [3.05, 3.63) is 53.3 Å². The second-order valence-electron chi connectivity index (χ2n) is 6.57. The van der Waals surface area contributed by atoms with E-state index in [4.69, 9.17) is 0 Å². The quantitative estimate of drug-likeness (QED) is 0.903. The predicted molar refractivity (Wildman–Crippen MR) is 88.6 cm³/mol. The van der Waals surface area contributed by atoms with Gasteiger partial charge in [0.2, 0.25) is 0 Å². The van der Waals surface area contributed by atoms with Gasteiger partial charge in [0.25, 0.3) is 0 Å². The predicted octanol–water partition coefficient (Wildman–Crippen LogP) is 3.90. The van der Waals surface area contributed by atoms with Gasteiger partial charge in [-0.3, -0.25) is 4.68 Å². The van der Waals surface area contributed by atoms with E-state index in [9.17, 15) is 0 Å². The van der Waals surface area contributed by atoms with Crippen LogP contribution >= 0.6 is 0 Å². The van der Waals surface area contributed by atoms with Gasteiger partial charge in [-0.1, -0.05) is 52.0 Å². The summed E-state index contributed by atoms with van der Waals surface area (Å²) in [6.07, 6.45) is 2.98. The Morgan fingerprint density at radius 1 is 1.14 bits per heavy atom. The van der Waals surface area contributed by atoms with Gasteiger partial charge < -0.3 is 5.32 Å². The summed E-state index contributed by atoms with van der Waals surface area (Å²) in [4.78, 5) is 0. The highest BCUT2D eigenvalue weighted by Gasteiger charge is 2.18. The number of hydrogen-bond donors (Lipinski definition) is 1. The number of nitrogens with one attached hydrogen (secondary N) is 1. The highest BCUT2D eigenvalue weighted by molar-refractivity contribution is 5.33. The summed E-state index contributed by atoms with van der Waals surface area (Å²) in [6, 6.07) is 11.2. The summed E-state index contributed by atoms with van der Waals surface area (Å²) in [5.74, 6) is 0. The van der Waals surface area contributed by atoms with E-state index in [0.29, 0.717) is 0 Å². The van der Waals surface area contributed by atoms with Gasteiger partial charge in [-0.15, -0.1) is 0 Å². The molecule has 21 heavy (non-hydrogen) atoms. The van der Waals surface area contributed by atoms with Crippen LogP contribution in [0.15, 0.2) is 36.5 Å². The Hall–Kier alpha value is -1.61. The topological polar surface area (TPSA) is 29.9 Å². The van der Waals surface area contributed by atoms with Gasteiger partial charge in [0, 0.05) is 12.7 Å². The fraction of sp³-hybridized carbons (Fsp3) is 0.500. The molecule has 1 aromatic heterocycles. The molecule has 0 amide bonds. The summed E-state index contributed by atoms with van der Waals surface area (Å²) < 4.78 is 2.10. The first kappa shape index (κ1) is 15.8. The molecular formula is C18H27N3. The van der Waals surface area contributed by atoms with Crippen LogP contribution < -0.4 is 5.32 Å². The van der Waals surface area contributed by atoms with Crippen LogP contribution in [-0.2, 0) is 12.0 Å². The highest BCUT2D eigenvalue weighted by atomic mass is 15.3. The third-order valence-electron chi connectivity index (χ3n) is 3.88. The number of aryl methyl sites for hydroxylation is 1. The van der Waals surface area contributed by atoms with E-state index < -0.39 is 0 Å². The van der Waals surface area contributed by atoms with E-state index in [-0.39, 0.29) is 11.5 Å². The number of hydrogen-bond acceptors (Lipinski definition) is 2. The fourth-order valence-electron chi connectivity index (χ4n) is 2.65. The van der Waals surface area contributed by atoms with E-state index in [1.165, 1.54) is 16.8 Å². The number of rotatable bonds is 5. The van der Waals surface area contributed by atoms with Crippen molar-refractivity contribution >= 4 is 0 Å². The molecule has 114 valence electrons. The van der Waals surface area contributed by atoms with Crippen LogP contribution in [0.3, 0.4) is 0 Å². The first-order chi connectivity index (χ1) is 9.97. The van der Waals surface area contributed by atoms with Gasteiger partial charge in [-0.25, -0.2) is 0 Å². The smallest absolute Gasteiger partial charge is 0.0745 e. The zero-order valence-electron chi connectivity index (χ0n) is 13.9. The first-order valence-corrected chi connectivity index (χ1v) is 7.76. The molecule has 3 nitrogen and oxygen atoms in total. The lowest BCUT2D eigenvalue weighted by Crippen LogP contribution is -2.22. The number of aromatic nitrogens is 2. The van der Waals surface area contributed by atoms with Crippen LogP contribution in [0.2, 0.25) is 0 Å². The largest absolute Gasteiger partial charge is 0.308 e. The number of nitrogens with zero attached hydrogens (tertiary/aromatic N) is 2. The van der Waals surface area contributed by atoms with E-state index in [1.54, 1.807) is 0 Å². The first-order valence-electron chi connectivity index (χ1n) is 7.76. The lowest BCUT2D eigenvalue weighted by atomic mass is 9.86. The fourth-order valence-corrected chi connectivity index (χ4v) is 2.65. The molecule has 2 rings (SSSR count). The van der Waals surface area contributed by atoms with E-state index >= 15 is 0 Å². The summed E-state index contributed by atoms with van der Waals surface area (Å²) in [7, 11) is 2.01. The van der Waals surface area contributed by atoms with Crippen molar-refractivity contribution < 1.29 is 0 Å². The second kappa shape index (κ2) is 6.44. The molecule has 1 aromatic carbocycles. The zero-order valence-corrected chi connectivity index (χ0v) is 13.9. The molecule has 0 fully saturated rings. The van der Waals surface area contributed by atoms with Gasteiger partial charge in [-0.2, -0.15) is 5.10 Å². The Morgan fingerprint density at radius 3 is 2.33 bits per heavy atom. The molecule has 1 atom stereocenters. The molecule has 0 saturated carbocycles. The molecule has 0 aliphatic heterocycles. The van der Waals surface area contributed by atoms with Gasteiger partial charge in [0.05, 0.1) is 11.7 Å². The Labute approximate surface area is 128 Å². The zero-order chi connectivity index (χ0) is 15.5. The standard InChI is InChI=1S/C18H27N3/c1-6-13-21-16(11-12-20-21)17(19-5)14-7-9-15(10-8-14)18(2,3)4/h7-12,17,19H,6,13H2,1-5H3. The van der Waals surface area contributed by atoms with Crippen molar-refractivity contribution in [1.82, 2.24) is 15.1 Å². The van der Waals surface area contributed by atoms with E-state index in [2.05, 4.69) is 73.1 Å². The van der Waals surface area contributed by atoms with Gasteiger partial charge in [0.1, 0.15) is 0 Å². The molecule has 3 heteroatoms. The lowest BCUT2D eigenvalue weighted by Gasteiger charge is -2.22. The molecule has 0 spiro atoms. The third kappa shape index (κ3) is 3.53. The van der Waals surface area contributed by atoms with Crippen molar-refractivity contribution in [2.45, 2.75) is 52.1 Å². The molecule has 1 heterocycles. The molecule has 0 bridgehead atoms. The van der Waals surface area contributed by atoms with Crippen LogP contribution in [0.4, 0.5) is 0 Å². The summed E-state index contributed by atoms with van der Waals surface area (Å²) in [5, 5.41) is 7.85. The average molecular weight is 285 g/mol. The van der Waals surface area contributed by atoms with E-state index in [0.717, 1.165) is 13.0 Å². The summed E-state index contributed by atoms with van der Waals surface area (Å²) in [5.41, 5.74) is 4.06. The van der Waals surface area contributed by atoms with Gasteiger partial charge in [-0.05, 0) is 36.1 Å². The minimum absolute atomic E-state index is 0.188. The maximum atomic E-state index is 4.43. The van der Waals surface area contributed by atoms with Gasteiger partial charge >= 0.3 is 0 Å². The molecular weight excluding hydrogens is 258 g/mol. The normalized spacial score (nSPS) is 13.4. The molecule has 1 N–H and O–H groups in total. The van der Waals surface area contributed by atoms with Crippen LogP contribution in [0.25, 0.3) is 0 Å². The molecule has 1 unspecified atom stereocenters. The monoisotopic (exact) mass is 285 g/mol. The van der Waals surface area contributed by atoms with Crippen molar-refractivity contribution in [3.63, 3.8) is 0 Å². The molecule has 0 radical (unpaired) electrons. The maximum Gasteiger partial charge on any atom is 0.0745 e. The Balaban J connectivity index is 2.31. The van der Waals surface area contributed by atoms with E-state index in [1.807, 2.05) is 13.2 Å². The molecule has 0 aliphatic rings. The van der Waals surface area contributed by atoms with Crippen molar-refractivity contribution in [2.75, 3.05) is 7.05 Å². The Bertz CT molecular complexity index is 561. The molecule has 2 aromatic rings. The van der Waals surface area contributed by atoms with Crippen molar-refractivity contribution in [2.24, 2.45) is 0 Å². The molecule has 0 saturated heterocycles. The molecule has 0 aliphatic carbocycles. The van der Waals surface area contributed by atoms with Crippen LogP contribution in [0.5, 0.6) is 0 Å². The maximum absolute atomic E-state index is 4.43. The lowest BCUT2D eigenvalue weighted by molar-refractivity contribution is 0.534. The minimum atomic E-state index is 0.188.